The zero-order chi connectivity index (χ0) is 3.49. The van der Waals surface area contributed by atoms with Crippen molar-refractivity contribution < 1.29 is 0 Å². The summed E-state index contributed by atoms with van der Waals surface area (Å²) in [7, 11) is 3.48. The fraction of sp³-hybridized carbons (Fsp3) is 0.500. The maximum Gasteiger partial charge on any atom is 0.127 e. The van der Waals surface area contributed by atoms with Crippen molar-refractivity contribution in [1.82, 2.24) is 0 Å². The second kappa shape index (κ2) is 0.506. The van der Waals surface area contributed by atoms with Crippen LogP contribution in [0.4, 0.5) is 0 Å². The van der Waals surface area contributed by atoms with Crippen molar-refractivity contribution in [3.05, 3.63) is 0 Å². The first kappa shape index (κ1) is 2.92. The molecule has 0 nitrogen and oxygen atoms in total. The highest BCUT2D eigenvalue weighted by Gasteiger charge is 2.60. The van der Waals surface area contributed by atoms with E-state index in [-0.39, 0.29) is 0 Å². The van der Waals surface area contributed by atoms with Crippen molar-refractivity contribution in [3.63, 3.8) is 0 Å². The van der Waals surface area contributed by atoms with Crippen LogP contribution in [0.2, 0.25) is 0 Å². The van der Waals surface area contributed by atoms with Crippen molar-refractivity contribution in [2.75, 3.05) is 0 Å². The highest BCUT2D eigenvalue weighted by molar-refractivity contribution is 9.47. The summed E-state index contributed by atoms with van der Waals surface area (Å²) in [6.07, 6.45) is 0. The largest absolute Gasteiger partial charge is 0.127 e. The Balaban J connectivity index is 2.83. The fourth-order valence-corrected chi connectivity index (χ4v) is 7.33. The highest BCUT2D eigenvalue weighted by atomic mass is 33.6. The third-order valence-corrected chi connectivity index (χ3v) is 10.1. The monoisotopic (exact) mass is 122 g/mol. The Morgan fingerprint density at radius 2 is 1.80 bits per heavy atom. The Hall–Kier alpha value is 0.830. The van der Waals surface area contributed by atoms with Crippen molar-refractivity contribution in [1.29, 1.82) is 0 Å². The molecule has 0 aromatic carbocycles. The molecule has 2 rings (SSSR count). The van der Waals surface area contributed by atoms with Gasteiger partial charge in [-0.2, -0.15) is 0 Å². The van der Waals surface area contributed by atoms with E-state index in [0.29, 0.717) is 0 Å². The van der Waals surface area contributed by atoms with E-state index in [2.05, 4.69) is 0 Å². The zero-order valence-electron chi connectivity index (χ0n) is 2.38. The van der Waals surface area contributed by atoms with Gasteiger partial charge < -0.3 is 0 Å². The lowest BCUT2D eigenvalue weighted by Crippen LogP contribution is -1.26. The van der Waals surface area contributed by atoms with Crippen LogP contribution in [0.1, 0.15) is 0 Å². The van der Waals surface area contributed by atoms with Gasteiger partial charge in [-0.3, -0.25) is 0 Å². The summed E-state index contributed by atoms with van der Waals surface area (Å²) < 4.78 is 0.891. The number of rotatable bonds is 0. The minimum atomic E-state index is -0.417. The third kappa shape index (κ3) is 0.235. The second-order valence-corrected chi connectivity index (χ2v) is 10.0. The number of fused-ring (bicyclic) bond motifs is 1. The molecule has 2 fully saturated rings. The second-order valence-electron chi connectivity index (χ2n) is 1.07. The van der Waals surface area contributed by atoms with E-state index in [1.807, 2.05) is 21.6 Å². The summed E-state index contributed by atoms with van der Waals surface area (Å²) in [5, 5.41) is 0. The van der Waals surface area contributed by atoms with Gasteiger partial charge in [-0.25, -0.2) is 0 Å². The smallest absolute Gasteiger partial charge is 0.124 e. The molecule has 0 aromatic rings. The summed E-state index contributed by atoms with van der Waals surface area (Å²) in [5.74, 6) is 0. The molecular formula is C2H2S3. The topological polar surface area (TPSA) is 0 Å². The van der Waals surface area contributed by atoms with Crippen LogP contribution in [0.25, 0.3) is 0 Å². The molecule has 0 aliphatic carbocycles. The van der Waals surface area contributed by atoms with Gasteiger partial charge in [-0.1, -0.05) is 29.1 Å². The van der Waals surface area contributed by atoms with Gasteiger partial charge in [0.05, 0.1) is 0 Å². The van der Waals surface area contributed by atoms with E-state index in [1.165, 1.54) is 0 Å². The van der Waals surface area contributed by atoms with Gasteiger partial charge in [0.15, 0.2) is 0 Å². The first-order valence-corrected chi connectivity index (χ1v) is 5.83. The summed E-state index contributed by atoms with van der Waals surface area (Å²) >= 11 is 0. The lowest BCUT2D eigenvalue weighted by molar-refractivity contribution is 2.27. The van der Waals surface area contributed by atoms with Crippen LogP contribution in [-0.2, 0) is 0 Å². The van der Waals surface area contributed by atoms with Crippen LogP contribution >= 0.6 is 29.1 Å². The Bertz CT molecular complexity index is 147. The maximum absolute atomic E-state index is 5.55. The summed E-state index contributed by atoms with van der Waals surface area (Å²) in [5.41, 5.74) is 5.55. The Kier molecular flexibility index (Phi) is 0.295. The van der Waals surface area contributed by atoms with Gasteiger partial charge in [-0.05, 0) is 0 Å². The molecule has 0 N–H and O–H groups in total. The molecule has 3 heteroatoms. The lowest BCUT2D eigenvalue weighted by atomic mass is 11.9. The van der Waals surface area contributed by atoms with E-state index < -0.39 is 7.50 Å². The van der Waals surface area contributed by atoms with Crippen molar-refractivity contribution >= 4 is 29.1 Å². The molecule has 2 aliphatic rings. The van der Waals surface area contributed by atoms with E-state index in [0.717, 1.165) is 3.91 Å². The van der Waals surface area contributed by atoms with Gasteiger partial charge in [0.1, 0.15) is 3.91 Å². The number of hydrogen-bond acceptors (Lipinski definition) is 2. The normalized spacial score (nSPS) is 69.8. The molecule has 5 heavy (non-hydrogen) atoms. The third-order valence-electron chi connectivity index (χ3n) is 0.650. The van der Waals surface area contributed by atoms with Gasteiger partial charge in [0, 0.05) is 0 Å². The van der Waals surface area contributed by atoms with E-state index in [9.17, 15) is 0 Å². The Morgan fingerprint density at radius 1 is 1.60 bits per heavy atom. The van der Waals surface area contributed by atoms with Crippen LogP contribution in [-0.4, -0.2) is 3.91 Å². The van der Waals surface area contributed by atoms with Crippen LogP contribution in [0.3, 0.4) is 0 Å². The summed E-state index contributed by atoms with van der Waals surface area (Å²) in [6.45, 7) is 0. The fourth-order valence-electron chi connectivity index (χ4n) is 0.207. The summed E-state index contributed by atoms with van der Waals surface area (Å²) in [4.78, 5) is 0. The van der Waals surface area contributed by atoms with Crippen LogP contribution in [0.15, 0.2) is 0 Å². The van der Waals surface area contributed by atoms with Gasteiger partial charge in [-0.15, -0.1) is 5.69 Å². The first-order valence-electron chi connectivity index (χ1n) is 1.28. The van der Waals surface area contributed by atoms with Crippen molar-refractivity contribution in [2.24, 2.45) is 0 Å². The minimum Gasteiger partial charge on any atom is -0.124 e. The van der Waals surface area contributed by atoms with E-state index in [1.54, 1.807) is 0 Å². The van der Waals surface area contributed by atoms with E-state index in [4.69, 9.17) is 5.69 Å². The standard InChI is InChI=1S/C2H2S3/c1-5-2(3-5)4-5/h1-2H. The average molecular weight is 122 g/mol. The van der Waals surface area contributed by atoms with E-state index >= 15 is 0 Å². The highest BCUT2D eigenvalue weighted by Crippen LogP contribution is 3.02. The lowest BCUT2D eigenvalue weighted by Gasteiger charge is -1.66. The zero-order valence-corrected chi connectivity index (χ0v) is 4.83. The molecule has 0 bridgehead atoms. The molecule has 0 unspecified atom stereocenters. The van der Waals surface area contributed by atoms with Crippen molar-refractivity contribution in [2.45, 2.75) is 3.91 Å². The predicted octanol–water partition coefficient (Wildman–Crippen LogP) is 1.99. The maximum atomic E-state index is 5.55. The average Bonchev–Trinajstić information content (AvgIpc) is 1.74. The van der Waals surface area contributed by atoms with Crippen molar-refractivity contribution in [3.8, 4) is 5.69 Å². The van der Waals surface area contributed by atoms with Crippen LogP contribution in [0, 0.1) is 5.69 Å². The molecule has 2 heterocycles. The molecule has 28 valence electrons. The molecular weight excluding hydrogens is 120 g/mol. The summed E-state index contributed by atoms with van der Waals surface area (Å²) in [6, 6.07) is 0. The SMILES string of the molecule is C#S12SC1S2. The predicted molar refractivity (Wildman–Crippen MR) is 31.5 cm³/mol. The molecule has 0 amide bonds. The first-order chi connectivity index (χ1) is 2.31. The Labute approximate surface area is 39.0 Å². The molecule has 2 aliphatic heterocycles. The Morgan fingerprint density at radius 3 is 1.80 bits per heavy atom. The van der Waals surface area contributed by atoms with Gasteiger partial charge in [0.25, 0.3) is 0 Å². The molecule has 0 atom stereocenters. The molecule has 0 aromatic heterocycles. The van der Waals surface area contributed by atoms with Crippen LogP contribution in [0.5, 0.6) is 0 Å². The molecule has 2 saturated heterocycles. The number of hydrogen-bond donors (Lipinski definition) is 0. The molecule has 0 radical (unpaired) electrons. The minimum absolute atomic E-state index is 0.417. The van der Waals surface area contributed by atoms with Gasteiger partial charge in [0.2, 0.25) is 0 Å². The molecule has 0 spiro atoms. The van der Waals surface area contributed by atoms with Gasteiger partial charge >= 0.3 is 0 Å². The van der Waals surface area contributed by atoms with Crippen LogP contribution < -0.4 is 0 Å². The quantitative estimate of drug-likeness (QED) is 0.356. The molecule has 0 saturated carbocycles.